The Balaban J connectivity index is 2.79. The molecule has 0 radical (unpaired) electrons. The number of hydrogen-bond acceptors (Lipinski definition) is 4. The molecule has 4 heteroatoms. The van der Waals surface area contributed by atoms with Crippen molar-refractivity contribution in [1.82, 2.24) is 9.97 Å². The van der Waals surface area contributed by atoms with E-state index in [1.165, 1.54) is 6.92 Å². The van der Waals surface area contributed by atoms with Gasteiger partial charge in [-0.15, -0.1) is 0 Å². The molecule has 0 saturated carbocycles. The van der Waals surface area contributed by atoms with E-state index >= 15 is 0 Å². The summed E-state index contributed by atoms with van der Waals surface area (Å²) in [5.41, 5.74) is 0.830. The van der Waals surface area contributed by atoms with E-state index in [2.05, 4.69) is 9.97 Å². The molecular formula is C7H9N3O. The second-order valence-electron chi connectivity index (χ2n) is 2.14. The summed E-state index contributed by atoms with van der Waals surface area (Å²) in [6.45, 7) is 3.37. The van der Waals surface area contributed by atoms with E-state index < -0.39 is 0 Å². The lowest BCUT2D eigenvalue weighted by Gasteiger charge is -1.99. The molecule has 1 heterocycles. The lowest BCUT2D eigenvalue weighted by atomic mass is 10.5. The van der Waals surface area contributed by atoms with Crippen molar-refractivity contribution in [3.05, 3.63) is 18.0 Å². The quantitative estimate of drug-likeness (QED) is 0.484. The molecule has 4 nitrogen and oxygen atoms in total. The maximum Gasteiger partial charge on any atom is 0.323 e. The fraction of sp³-hybridized carbons (Fsp3) is 0.286. The third-order valence-corrected chi connectivity index (χ3v) is 1.02. The fourth-order valence-electron chi connectivity index (χ4n) is 0.612. The monoisotopic (exact) mass is 151 g/mol. The Morgan fingerprint density at radius 2 is 2.36 bits per heavy atom. The minimum Gasteiger partial charge on any atom is -0.410 e. The number of hydrogen-bond donors (Lipinski definition) is 1. The Hall–Kier alpha value is -1.45. The van der Waals surface area contributed by atoms with Gasteiger partial charge in [-0.3, -0.25) is 5.41 Å². The van der Waals surface area contributed by atoms with Crippen LogP contribution in [0.1, 0.15) is 12.6 Å². The fourth-order valence-corrected chi connectivity index (χ4v) is 0.612. The zero-order valence-corrected chi connectivity index (χ0v) is 6.46. The molecule has 0 saturated heterocycles. The molecule has 11 heavy (non-hydrogen) atoms. The standard InChI is InChI=1S/C7H9N3O/c1-5-3-4-9-7(10-5)11-6(2)8/h3-4,8H,1-2H3. The van der Waals surface area contributed by atoms with Crippen LogP contribution in [0.3, 0.4) is 0 Å². The first-order valence-electron chi connectivity index (χ1n) is 3.21. The lowest BCUT2D eigenvalue weighted by molar-refractivity contribution is 0.493. The summed E-state index contributed by atoms with van der Waals surface area (Å²) in [5, 5.41) is 7.00. The van der Waals surface area contributed by atoms with Gasteiger partial charge in [0, 0.05) is 18.8 Å². The molecule has 58 valence electrons. The highest BCUT2D eigenvalue weighted by Crippen LogP contribution is 2.01. The van der Waals surface area contributed by atoms with Crippen molar-refractivity contribution in [2.45, 2.75) is 13.8 Å². The average Bonchev–Trinajstić information content (AvgIpc) is 1.85. The van der Waals surface area contributed by atoms with E-state index in [1.54, 1.807) is 12.3 Å². The van der Waals surface area contributed by atoms with Crippen LogP contribution < -0.4 is 4.74 Å². The molecule has 0 fully saturated rings. The highest BCUT2D eigenvalue weighted by Gasteiger charge is 1.96. The Morgan fingerprint density at radius 1 is 1.64 bits per heavy atom. The van der Waals surface area contributed by atoms with Crippen LogP contribution in [0, 0.1) is 12.3 Å². The van der Waals surface area contributed by atoms with Gasteiger partial charge in [-0.05, 0) is 13.0 Å². The van der Waals surface area contributed by atoms with Crippen molar-refractivity contribution in [2.24, 2.45) is 0 Å². The first-order chi connectivity index (χ1) is 5.18. The molecule has 1 N–H and O–H groups in total. The third-order valence-electron chi connectivity index (χ3n) is 1.02. The van der Waals surface area contributed by atoms with E-state index in [-0.39, 0.29) is 11.9 Å². The lowest BCUT2D eigenvalue weighted by Crippen LogP contribution is -2.04. The second kappa shape index (κ2) is 3.09. The Kier molecular flexibility index (Phi) is 2.15. The zero-order valence-electron chi connectivity index (χ0n) is 6.46. The minimum absolute atomic E-state index is 0.0931. The Labute approximate surface area is 64.8 Å². The van der Waals surface area contributed by atoms with Gasteiger partial charge in [0.15, 0.2) is 5.90 Å². The molecule has 0 aliphatic rings. The maximum atomic E-state index is 7.00. The summed E-state index contributed by atoms with van der Waals surface area (Å²) in [6, 6.07) is 2.00. The third kappa shape index (κ3) is 2.33. The molecule has 1 rings (SSSR count). The minimum atomic E-state index is 0.0931. The summed E-state index contributed by atoms with van der Waals surface area (Å²) in [6.07, 6.45) is 1.60. The molecular weight excluding hydrogens is 142 g/mol. The van der Waals surface area contributed by atoms with Crippen LogP contribution in [0.15, 0.2) is 12.3 Å². The maximum absolute atomic E-state index is 7.00. The zero-order chi connectivity index (χ0) is 8.27. The van der Waals surface area contributed by atoms with Crippen molar-refractivity contribution < 1.29 is 4.74 Å². The number of nitrogens with one attached hydrogen (secondary N) is 1. The average molecular weight is 151 g/mol. The van der Waals surface area contributed by atoms with Crippen LogP contribution >= 0.6 is 0 Å². The number of nitrogens with zero attached hydrogens (tertiary/aromatic N) is 2. The van der Waals surface area contributed by atoms with E-state index in [9.17, 15) is 0 Å². The number of aromatic nitrogens is 2. The number of aryl methyl sites for hydroxylation is 1. The molecule has 0 spiro atoms. The van der Waals surface area contributed by atoms with Gasteiger partial charge in [-0.2, -0.15) is 0 Å². The van der Waals surface area contributed by atoms with Crippen LogP contribution in [0.5, 0.6) is 6.01 Å². The van der Waals surface area contributed by atoms with Gasteiger partial charge in [-0.1, -0.05) is 0 Å². The van der Waals surface area contributed by atoms with Gasteiger partial charge >= 0.3 is 6.01 Å². The van der Waals surface area contributed by atoms with E-state index in [0.717, 1.165) is 5.69 Å². The molecule has 0 unspecified atom stereocenters. The van der Waals surface area contributed by atoms with Gasteiger partial charge < -0.3 is 4.74 Å². The Morgan fingerprint density at radius 3 is 2.91 bits per heavy atom. The highest BCUT2D eigenvalue weighted by atomic mass is 16.5. The summed E-state index contributed by atoms with van der Waals surface area (Å²) < 4.78 is 4.86. The van der Waals surface area contributed by atoms with Crippen molar-refractivity contribution in [3.63, 3.8) is 0 Å². The van der Waals surface area contributed by atoms with Gasteiger partial charge in [0.2, 0.25) is 0 Å². The van der Waals surface area contributed by atoms with Crippen molar-refractivity contribution in [2.75, 3.05) is 0 Å². The van der Waals surface area contributed by atoms with Crippen LogP contribution in [-0.2, 0) is 0 Å². The van der Waals surface area contributed by atoms with Crippen LogP contribution in [0.2, 0.25) is 0 Å². The van der Waals surface area contributed by atoms with Crippen molar-refractivity contribution >= 4 is 5.90 Å². The van der Waals surface area contributed by atoms with Crippen LogP contribution in [0.25, 0.3) is 0 Å². The van der Waals surface area contributed by atoms with Crippen molar-refractivity contribution in [3.8, 4) is 6.01 Å². The van der Waals surface area contributed by atoms with Crippen molar-refractivity contribution in [1.29, 1.82) is 5.41 Å². The number of ether oxygens (including phenoxy) is 1. The largest absolute Gasteiger partial charge is 0.410 e. The topological polar surface area (TPSA) is 58.9 Å². The molecule has 0 aliphatic heterocycles. The molecule has 0 aromatic carbocycles. The SMILES string of the molecule is CC(=N)Oc1nccc(C)n1. The summed E-state index contributed by atoms with van der Waals surface area (Å²) in [5.74, 6) is 0.0931. The predicted molar refractivity (Wildman–Crippen MR) is 40.8 cm³/mol. The first kappa shape index (κ1) is 7.65. The predicted octanol–water partition coefficient (Wildman–Crippen LogP) is 1.16. The molecule has 1 aromatic rings. The molecule has 1 aromatic heterocycles. The van der Waals surface area contributed by atoms with Crippen LogP contribution in [-0.4, -0.2) is 15.9 Å². The normalized spacial score (nSPS) is 9.27. The molecule has 0 aliphatic carbocycles. The summed E-state index contributed by atoms with van der Waals surface area (Å²) in [7, 11) is 0. The van der Waals surface area contributed by atoms with Gasteiger partial charge in [0.1, 0.15) is 0 Å². The summed E-state index contributed by atoms with van der Waals surface area (Å²) in [4.78, 5) is 7.74. The highest BCUT2D eigenvalue weighted by molar-refractivity contribution is 5.71. The molecule has 0 amide bonds. The first-order valence-corrected chi connectivity index (χ1v) is 3.21. The molecule has 0 bridgehead atoms. The van der Waals surface area contributed by atoms with E-state index in [0.29, 0.717) is 0 Å². The van der Waals surface area contributed by atoms with Gasteiger partial charge in [-0.25, -0.2) is 9.97 Å². The van der Waals surface area contributed by atoms with E-state index in [4.69, 9.17) is 10.1 Å². The molecule has 0 atom stereocenters. The van der Waals surface area contributed by atoms with Gasteiger partial charge in [0.05, 0.1) is 0 Å². The number of rotatable bonds is 1. The Bertz CT molecular complexity index is 272. The second-order valence-corrected chi connectivity index (χ2v) is 2.14. The summed E-state index contributed by atoms with van der Waals surface area (Å²) >= 11 is 0. The smallest absolute Gasteiger partial charge is 0.323 e. The van der Waals surface area contributed by atoms with Crippen LogP contribution in [0.4, 0.5) is 0 Å². The van der Waals surface area contributed by atoms with E-state index in [1.807, 2.05) is 6.92 Å². The van der Waals surface area contributed by atoms with Gasteiger partial charge in [0.25, 0.3) is 0 Å².